The SMILES string of the molecule is CNC1CCCN(C(=O)CSc2ccc(C)cc2)C1. The number of rotatable bonds is 4. The Morgan fingerprint density at radius 1 is 1.42 bits per heavy atom. The second kappa shape index (κ2) is 6.96. The maximum Gasteiger partial charge on any atom is 0.232 e. The Morgan fingerprint density at radius 3 is 2.84 bits per heavy atom. The van der Waals surface area contributed by atoms with Crippen LogP contribution >= 0.6 is 11.8 Å². The number of benzene rings is 1. The molecule has 0 saturated carbocycles. The van der Waals surface area contributed by atoms with E-state index in [-0.39, 0.29) is 5.91 Å². The quantitative estimate of drug-likeness (QED) is 0.858. The number of hydrogen-bond donors (Lipinski definition) is 1. The number of hydrogen-bond acceptors (Lipinski definition) is 3. The first-order chi connectivity index (χ1) is 9.19. The van der Waals surface area contributed by atoms with Crippen LogP contribution in [-0.2, 0) is 4.79 Å². The van der Waals surface area contributed by atoms with Gasteiger partial charge in [-0.05, 0) is 38.9 Å². The van der Waals surface area contributed by atoms with Gasteiger partial charge in [-0.2, -0.15) is 0 Å². The number of thioether (sulfide) groups is 1. The smallest absolute Gasteiger partial charge is 0.232 e. The summed E-state index contributed by atoms with van der Waals surface area (Å²) in [6.07, 6.45) is 2.28. The van der Waals surface area contributed by atoms with Crippen LogP contribution in [0.25, 0.3) is 0 Å². The molecule has 1 unspecified atom stereocenters. The Hall–Kier alpha value is -1.00. The van der Waals surface area contributed by atoms with E-state index in [4.69, 9.17) is 0 Å². The van der Waals surface area contributed by atoms with E-state index in [1.54, 1.807) is 11.8 Å². The zero-order chi connectivity index (χ0) is 13.7. The van der Waals surface area contributed by atoms with Gasteiger partial charge >= 0.3 is 0 Å². The summed E-state index contributed by atoms with van der Waals surface area (Å²) in [5.74, 6) is 0.796. The molecular weight excluding hydrogens is 256 g/mol. The van der Waals surface area contributed by atoms with E-state index in [0.717, 1.165) is 19.5 Å². The molecule has 0 bridgehead atoms. The van der Waals surface area contributed by atoms with Crippen molar-refractivity contribution in [3.05, 3.63) is 29.8 Å². The van der Waals surface area contributed by atoms with Crippen LogP contribution in [0.15, 0.2) is 29.2 Å². The summed E-state index contributed by atoms with van der Waals surface area (Å²) in [5, 5.41) is 3.27. The second-order valence-electron chi connectivity index (χ2n) is 5.07. The monoisotopic (exact) mass is 278 g/mol. The van der Waals surface area contributed by atoms with Crippen molar-refractivity contribution >= 4 is 17.7 Å². The van der Waals surface area contributed by atoms with E-state index in [2.05, 4.69) is 36.5 Å². The number of likely N-dealkylation sites (N-methyl/N-ethyl adjacent to an activating group) is 1. The van der Waals surface area contributed by atoms with Gasteiger partial charge in [0.25, 0.3) is 0 Å². The summed E-state index contributed by atoms with van der Waals surface area (Å²) in [6, 6.07) is 8.80. The van der Waals surface area contributed by atoms with Gasteiger partial charge in [0.2, 0.25) is 5.91 Å². The molecule has 1 aliphatic rings. The third-order valence-corrected chi connectivity index (χ3v) is 4.56. The maximum absolute atomic E-state index is 12.2. The van der Waals surface area contributed by atoms with Gasteiger partial charge in [-0.3, -0.25) is 4.79 Å². The molecular formula is C15H22N2OS. The Bertz CT molecular complexity index is 419. The summed E-state index contributed by atoms with van der Waals surface area (Å²) < 4.78 is 0. The van der Waals surface area contributed by atoms with Crippen LogP contribution < -0.4 is 5.32 Å². The van der Waals surface area contributed by atoms with Gasteiger partial charge in [-0.25, -0.2) is 0 Å². The largest absolute Gasteiger partial charge is 0.340 e. The third-order valence-electron chi connectivity index (χ3n) is 3.57. The molecule has 1 aromatic rings. The minimum Gasteiger partial charge on any atom is -0.340 e. The van der Waals surface area contributed by atoms with Crippen LogP contribution in [0, 0.1) is 6.92 Å². The van der Waals surface area contributed by atoms with Crippen molar-refractivity contribution in [1.82, 2.24) is 10.2 Å². The van der Waals surface area contributed by atoms with Gasteiger partial charge in [-0.1, -0.05) is 17.7 Å². The summed E-state index contributed by atoms with van der Waals surface area (Å²) >= 11 is 1.63. The van der Waals surface area contributed by atoms with Crippen molar-refractivity contribution in [3.63, 3.8) is 0 Å². The van der Waals surface area contributed by atoms with Crippen LogP contribution in [0.3, 0.4) is 0 Å². The van der Waals surface area contributed by atoms with Gasteiger partial charge < -0.3 is 10.2 Å². The highest BCUT2D eigenvalue weighted by atomic mass is 32.2. The highest BCUT2D eigenvalue weighted by Crippen LogP contribution is 2.19. The minimum absolute atomic E-state index is 0.255. The highest BCUT2D eigenvalue weighted by Gasteiger charge is 2.22. The zero-order valence-corrected chi connectivity index (χ0v) is 12.5. The van der Waals surface area contributed by atoms with E-state index < -0.39 is 0 Å². The van der Waals surface area contributed by atoms with Gasteiger partial charge in [-0.15, -0.1) is 11.8 Å². The van der Waals surface area contributed by atoms with Gasteiger partial charge in [0, 0.05) is 24.0 Å². The molecule has 0 radical (unpaired) electrons. The van der Waals surface area contributed by atoms with E-state index in [1.165, 1.54) is 16.9 Å². The number of carbonyl (C=O) groups is 1. The fraction of sp³-hybridized carbons (Fsp3) is 0.533. The Labute approximate surface area is 119 Å². The topological polar surface area (TPSA) is 32.3 Å². The molecule has 0 aromatic heterocycles. The Balaban J connectivity index is 1.82. The highest BCUT2D eigenvalue weighted by molar-refractivity contribution is 8.00. The number of piperidine rings is 1. The lowest BCUT2D eigenvalue weighted by Gasteiger charge is -2.32. The Kier molecular flexibility index (Phi) is 5.28. The second-order valence-corrected chi connectivity index (χ2v) is 6.12. The lowest BCUT2D eigenvalue weighted by molar-refractivity contribution is -0.129. The van der Waals surface area contributed by atoms with Crippen molar-refractivity contribution in [2.45, 2.75) is 30.7 Å². The van der Waals surface area contributed by atoms with E-state index >= 15 is 0 Å². The first kappa shape index (κ1) is 14.4. The molecule has 1 heterocycles. The van der Waals surface area contributed by atoms with Crippen molar-refractivity contribution in [2.75, 3.05) is 25.9 Å². The minimum atomic E-state index is 0.255. The zero-order valence-electron chi connectivity index (χ0n) is 11.7. The molecule has 1 aromatic carbocycles. The van der Waals surface area contributed by atoms with Gasteiger partial charge in [0.15, 0.2) is 0 Å². The molecule has 1 saturated heterocycles. The van der Waals surface area contributed by atoms with E-state index in [0.29, 0.717) is 11.8 Å². The van der Waals surface area contributed by atoms with Crippen LogP contribution in [0.1, 0.15) is 18.4 Å². The molecule has 1 fully saturated rings. The van der Waals surface area contributed by atoms with Crippen molar-refractivity contribution < 1.29 is 4.79 Å². The van der Waals surface area contributed by atoms with Crippen LogP contribution in [-0.4, -0.2) is 42.7 Å². The molecule has 0 aliphatic carbocycles. The molecule has 19 heavy (non-hydrogen) atoms. The number of nitrogens with one attached hydrogen (secondary N) is 1. The lowest BCUT2D eigenvalue weighted by atomic mass is 10.1. The number of amides is 1. The fourth-order valence-corrected chi connectivity index (χ4v) is 3.11. The van der Waals surface area contributed by atoms with Gasteiger partial charge in [0.1, 0.15) is 0 Å². The molecule has 1 N–H and O–H groups in total. The Morgan fingerprint density at radius 2 is 2.16 bits per heavy atom. The predicted molar refractivity (Wildman–Crippen MR) is 80.6 cm³/mol. The fourth-order valence-electron chi connectivity index (χ4n) is 2.31. The van der Waals surface area contributed by atoms with Crippen LogP contribution in [0.2, 0.25) is 0 Å². The molecule has 104 valence electrons. The summed E-state index contributed by atoms with van der Waals surface area (Å²) in [5.41, 5.74) is 1.25. The first-order valence-corrected chi connectivity index (χ1v) is 7.82. The van der Waals surface area contributed by atoms with Crippen molar-refractivity contribution in [2.24, 2.45) is 0 Å². The molecule has 2 rings (SSSR count). The molecule has 1 atom stereocenters. The summed E-state index contributed by atoms with van der Waals surface area (Å²) in [6.45, 7) is 3.83. The third kappa shape index (κ3) is 4.25. The average Bonchev–Trinajstić information content (AvgIpc) is 2.46. The number of likely N-dealkylation sites (tertiary alicyclic amines) is 1. The molecule has 4 heteroatoms. The van der Waals surface area contributed by atoms with E-state index in [9.17, 15) is 4.79 Å². The van der Waals surface area contributed by atoms with Crippen LogP contribution in [0.4, 0.5) is 0 Å². The first-order valence-electron chi connectivity index (χ1n) is 6.83. The summed E-state index contributed by atoms with van der Waals surface area (Å²) in [7, 11) is 1.97. The molecule has 1 aliphatic heterocycles. The standard InChI is InChI=1S/C15H22N2OS/c1-12-5-7-14(8-6-12)19-11-15(18)17-9-3-4-13(10-17)16-2/h5-8,13,16H,3-4,9-11H2,1-2H3. The lowest BCUT2D eigenvalue weighted by Crippen LogP contribution is -2.47. The van der Waals surface area contributed by atoms with Crippen molar-refractivity contribution in [1.29, 1.82) is 0 Å². The van der Waals surface area contributed by atoms with Crippen LogP contribution in [0.5, 0.6) is 0 Å². The molecule has 0 spiro atoms. The normalized spacial score (nSPS) is 19.5. The maximum atomic E-state index is 12.2. The number of nitrogens with zero attached hydrogens (tertiary/aromatic N) is 1. The average molecular weight is 278 g/mol. The van der Waals surface area contributed by atoms with Gasteiger partial charge in [0.05, 0.1) is 5.75 Å². The number of carbonyl (C=O) groups excluding carboxylic acids is 1. The van der Waals surface area contributed by atoms with E-state index in [1.807, 2.05) is 11.9 Å². The predicted octanol–water partition coefficient (Wildman–Crippen LogP) is 2.30. The number of aryl methyl sites for hydroxylation is 1. The molecule has 3 nitrogen and oxygen atoms in total. The molecule has 1 amide bonds. The van der Waals surface area contributed by atoms with Crippen molar-refractivity contribution in [3.8, 4) is 0 Å². The summed E-state index contributed by atoms with van der Waals surface area (Å²) in [4.78, 5) is 15.3.